The van der Waals surface area contributed by atoms with E-state index >= 15 is 0 Å². The molecule has 26 heavy (non-hydrogen) atoms. The highest BCUT2D eigenvalue weighted by Crippen LogP contribution is 2.19. The predicted molar refractivity (Wildman–Crippen MR) is 113 cm³/mol. The van der Waals surface area contributed by atoms with Gasteiger partial charge in [0.15, 0.2) is 0 Å². The van der Waals surface area contributed by atoms with Gasteiger partial charge in [-0.15, -0.1) is 24.8 Å². The lowest BCUT2D eigenvalue weighted by molar-refractivity contribution is 0.102. The van der Waals surface area contributed by atoms with Crippen LogP contribution in [0.5, 0.6) is 0 Å². The van der Waals surface area contributed by atoms with Gasteiger partial charge < -0.3 is 11.1 Å². The van der Waals surface area contributed by atoms with Gasteiger partial charge in [-0.3, -0.25) is 9.69 Å². The molecule has 0 aromatic heterocycles. The average Bonchev–Trinajstić information content (AvgIpc) is 2.59. The van der Waals surface area contributed by atoms with E-state index in [1.54, 1.807) is 24.3 Å². The number of likely N-dealkylation sites (tertiary alicyclic amines) is 1. The number of piperidine rings is 1. The third-order valence-corrected chi connectivity index (χ3v) is 4.64. The van der Waals surface area contributed by atoms with Crippen LogP contribution in [0.1, 0.15) is 35.7 Å². The van der Waals surface area contributed by atoms with Crippen LogP contribution in [0.3, 0.4) is 0 Å². The first-order valence-electron chi connectivity index (χ1n) is 8.58. The highest BCUT2D eigenvalue weighted by molar-refractivity contribution is 6.04. The van der Waals surface area contributed by atoms with Crippen molar-refractivity contribution in [3.8, 4) is 0 Å². The Labute approximate surface area is 168 Å². The zero-order chi connectivity index (χ0) is 16.9. The van der Waals surface area contributed by atoms with Gasteiger partial charge in [0.05, 0.1) is 0 Å². The maximum atomic E-state index is 12.2. The molecule has 1 fully saturated rings. The van der Waals surface area contributed by atoms with Gasteiger partial charge in [0.1, 0.15) is 0 Å². The number of nitrogen functional groups attached to an aromatic ring is 1. The van der Waals surface area contributed by atoms with Crippen LogP contribution in [0.25, 0.3) is 0 Å². The Morgan fingerprint density at radius 1 is 1.12 bits per heavy atom. The van der Waals surface area contributed by atoms with Crippen molar-refractivity contribution >= 4 is 42.1 Å². The van der Waals surface area contributed by atoms with Gasteiger partial charge in [0.2, 0.25) is 0 Å². The van der Waals surface area contributed by atoms with E-state index in [4.69, 9.17) is 5.73 Å². The summed E-state index contributed by atoms with van der Waals surface area (Å²) in [7, 11) is 0. The molecule has 0 saturated carbocycles. The number of benzene rings is 2. The summed E-state index contributed by atoms with van der Waals surface area (Å²) in [5, 5.41) is 2.91. The minimum absolute atomic E-state index is 0. The van der Waals surface area contributed by atoms with Crippen LogP contribution in [0, 0.1) is 5.92 Å². The van der Waals surface area contributed by atoms with E-state index < -0.39 is 0 Å². The molecule has 6 heteroatoms. The van der Waals surface area contributed by atoms with Crippen LogP contribution < -0.4 is 11.1 Å². The number of carbonyl (C=O) groups excluding carboxylic acids is 1. The molecule has 1 aliphatic rings. The Hall–Kier alpha value is -1.75. The number of nitrogens with two attached hydrogens (primary N) is 1. The summed E-state index contributed by atoms with van der Waals surface area (Å²) >= 11 is 0. The van der Waals surface area contributed by atoms with Gasteiger partial charge in [-0.1, -0.05) is 25.1 Å². The van der Waals surface area contributed by atoms with Crippen molar-refractivity contribution < 1.29 is 4.79 Å². The summed E-state index contributed by atoms with van der Waals surface area (Å²) in [5.74, 6) is 0.714. The second kappa shape index (κ2) is 10.4. The maximum Gasteiger partial charge on any atom is 0.255 e. The van der Waals surface area contributed by atoms with Gasteiger partial charge in [-0.2, -0.15) is 0 Å². The lowest BCUT2D eigenvalue weighted by atomic mass is 9.99. The number of hydrogen-bond donors (Lipinski definition) is 2. The summed E-state index contributed by atoms with van der Waals surface area (Å²) in [5.41, 5.74) is 8.97. The van der Waals surface area contributed by atoms with Gasteiger partial charge in [0.25, 0.3) is 5.91 Å². The zero-order valence-corrected chi connectivity index (χ0v) is 16.6. The molecule has 0 bridgehead atoms. The molecule has 1 aliphatic heterocycles. The van der Waals surface area contributed by atoms with Crippen LogP contribution in [-0.4, -0.2) is 23.9 Å². The smallest absolute Gasteiger partial charge is 0.255 e. The monoisotopic (exact) mass is 395 g/mol. The number of nitrogens with one attached hydrogen (secondary N) is 1. The molecule has 0 aliphatic carbocycles. The highest BCUT2D eigenvalue weighted by Gasteiger charge is 2.15. The third-order valence-electron chi connectivity index (χ3n) is 4.64. The topological polar surface area (TPSA) is 58.4 Å². The van der Waals surface area contributed by atoms with Crippen molar-refractivity contribution in [2.75, 3.05) is 24.1 Å². The molecule has 3 rings (SSSR count). The summed E-state index contributed by atoms with van der Waals surface area (Å²) < 4.78 is 0. The molecule has 1 heterocycles. The molecule has 4 nitrogen and oxygen atoms in total. The number of halogens is 2. The van der Waals surface area contributed by atoms with E-state index in [2.05, 4.69) is 29.3 Å². The lowest BCUT2D eigenvalue weighted by Gasteiger charge is -2.30. The molecule has 142 valence electrons. The SMILES string of the molecule is CC1CCN(Cc2ccc(NC(=O)c3cccc(N)c3)cc2)CC1.Cl.Cl. The van der Waals surface area contributed by atoms with E-state index in [1.807, 2.05) is 12.1 Å². The Balaban J connectivity index is 0.00000169. The molecule has 1 saturated heterocycles. The number of carbonyl (C=O) groups is 1. The minimum atomic E-state index is -0.139. The summed E-state index contributed by atoms with van der Waals surface area (Å²) in [4.78, 5) is 14.7. The quantitative estimate of drug-likeness (QED) is 0.743. The number of rotatable bonds is 4. The Morgan fingerprint density at radius 2 is 1.77 bits per heavy atom. The molecular formula is C20H27Cl2N3O. The molecular weight excluding hydrogens is 369 g/mol. The second-order valence-corrected chi connectivity index (χ2v) is 6.74. The van der Waals surface area contributed by atoms with Crippen molar-refractivity contribution in [2.45, 2.75) is 26.3 Å². The average molecular weight is 396 g/mol. The Bertz CT molecular complexity index is 698. The standard InChI is InChI=1S/C20H25N3O.2ClH/c1-15-9-11-23(12-10-15)14-16-5-7-19(8-6-16)22-20(24)17-3-2-4-18(21)13-17;;/h2-8,13,15H,9-12,14,21H2,1H3,(H,22,24);2*1H. The molecule has 0 spiro atoms. The fourth-order valence-corrected chi connectivity index (χ4v) is 3.06. The first kappa shape index (κ1) is 22.3. The van der Waals surface area contributed by atoms with Crippen LogP contribution in [-0.2, 0) is 6.54 Å². The van der Waals surface area contributed by atoms with Crippen molar-refractivity contribution in [3.63, 3.8) is 0 Å². The highest BCUT2D eigenvalue weighted by atomic mass is 35.5. The lowest BCUT2D eigenvalue weighted by Crippen LogP contribution is -2.32. The summed E-state index contributed by atoms with van der Waals surface area (Å²) in [6, 6.07) is 15.1. The van der Waals surface area contributed by atoms with Gasteiger partial charge >= 0.3 is 0 Å². The molecule has 2 aromatic carbocycles. The second-order valence-electron chi connectivity index (χ2n) is 6.74. The van der Waals surface area contributed by atoms with E-state index in [0.717, 1.165) is 18.2 Å². The molecule has 3 N–H and O–H groups in total. The van der Waals surface area contributed by atoms with Crippen LogP contribution in [0.2, 0.25) is 0 Å². The third kappa shape index (κ3) is 6.20. The Morgan fingerprint density at radius 3 is 2.38 bits per heavy atom. The van der Waals surface area contributed by atoms with Crippen molar-refractivity contribution in [3.05, 3.63) is 59.7 Å². The molecule has 0 radical (unpaired) electrons. The van der Waals surface area contributed by atoms with E-state index in [9.17, 15) is 4.79 Å². The number of hydrogen-bond acceptors (Lipinski definition) is 3. The summed E-state index contributed by atoms with van der Waals surface area (Å²) in [6.45, 7) is 5.66. The van der Waals surface area contributed by atoms with Crippen LogP contribution >= 0.6 is 24.8 Å². The zero-order valence-electron chi connectivity index (χ0n) is 15.0. The van der Waals surface area contributed by atoms with Crippen LogP contribution in [0.4, 0.5) is 11.4 Å². The maximum absolute atomic E-state index is 12.2. The normalized spacial score (nSPS) is 14.8. The first-order chi connectivity index (χ1) is 11.6. The van der Waals surface area contributed by atoms with E-state index in [-0.39, 0.29) is 30.7 Å². The first-order valence-corrected chi connectivity index (χ1v) is 8.58. The fourth-order valence-electron chi connectivity index (χ4n) is 3.06. The van der Waals surface area contributed by atoms with E-state index in [1.165, 1.54) is 31.5 Å². The largest absolute Gasteiger partial charge is 0.399 e. The van der Waals surface area contributed by atoms with Gasteiger partial charge in [-0.05, 0) is 67.7 Å². The molecule has 0 unspecified atom stereocenters. The van der Waals surface area contributed by atoms with Crippen molar-refractivity contribution in [2.24, 2.45) is 5.92 Å². The van der Waals surface area contributed by atoms with Crippen LogP contribution in [0.15, 0.2) is 48.5 Å². The van der Waals surface area contributed by atoms with E-state index in [0.29, 0.717) is 11.3 Å². The molecule has 2 aromatic rings. The van der Waals surface area contributed by atoms with Gasteiger partial charge in [0, 0.05) is 23.5 Å². The number of nitrogens with zero attached hydrogens (tertiary/aromatic N) is 1. The number of amides is 1. The fraction of sp³-hybridized carbons (Fsp3) is 0.350. The molecule has 1 amide bonds. The predicted octanol–water partition coefficient (Wildman–Crippen LogP) is 4.60. The van der Waals surface area contributed by atoms with Gasteiger partial charge in [-0.25, -0.2) is 0 Å². The summed E-state index contributed by atoms with van der Waals surface area (Å²) in [6.07, 6.45) is 2.57. The van der Waals surface area contributed by atoms with Crippen molar-refractivity contribution in [1.29, 1.82) is 0 Å². The molecule has 0 atom stereocenters. The number of anilines is 2. The Kier molecular flexibility index (Phi) is 8.93. The minimum Gasteiger partial charge on any atom is -0.399 e. The van der Waals surface area contributed by atoms with Crippen molar-refractivity contribution in [1.82, 2.24) is 4.90 Å².